The minimum Gasteiger partial charge on any atom is -0.383 e. The zero-order valence-corrected chi connectivity index (χ0v) is 12.1. The summed E-state index contributed by atoms with van der Waals surface area (Å²) >= 11 is 18.0. The second-order valence-corrected chi connectivity index (χ2v) is 5.38. The van der Waals surface area contributed by atoms with Gasteiger partial charge in [0.25, 0.3) is 0 Å². The Bertz CT molecular complexity index is 518. The van der Waals surface area contributed by atoms with Crippen molar-refractivity contribution in [1.82, 2.24) is 15.4 Å². The van der Waals surface area contributed by atoms with Crippen molar-refractivity contribution in [2.24, 2.45) is 0 Å². The Morgan fingerprint density at radius 2 is 2.00 bits per heavy atom. The SMILES string of the molecule is OC(CCCl)(c1ccc(Cl)cc1)C(Cl)c1c[nH]nn1. The number of hydrogen-bond acceptors (Lipinski definition) is 3. The van der Waals surface area contributed by atoms with Crippen molar-refractivity contribution < 1.29 is 5.11 Å². The van der Waals surface area contributed by atoms with E-state index in [1.54, 1.807) is 30.5 Å². The molecule has 2 rings (SSSR count). The molecule has 1 aromatic carbocycles. The molecule has 4 nitrogen and oxygen atoms in total. The van der Waals surface area contributed by atoms with Crippen molar-refractivity contribution >= 4 is 34.8 Å². The van der Waals surface area contributed by atoms with Gasteiger partial charge in [0.1, 0.15) is 16.7 Å². The van der Waals surface area contributed by atoms with Crippen LogP contribution in [0.2, 0.25) is 5.02 Å². The maximum Gasteiger partial charge on any atom is 0.113 e. The quantitative estimate of drug-likeness (QED) is 0.831. The molecule has 0 aliphatic rings. The number of rotatable bonds is 5. The van der Waals surface area contributed by atoms with Gasteiger partial charge < -0.3 is 5.11 Å². The average molecular weight is 321 g/mol. The Hall–Kier alpha value is -0.810. The van der Waals surface area contributed by atoms with Crippen molar-refractivity contribution in [3.05, 3.63) is 46.7 Å². The molecule has 0 spiro atoms. The van der Waals surface area contributed by atoms with E-state index in [2.05, 4.69) is 15.4 Å². The van der Waals surface area contributed by atoms with Gasteiger partial charge in [0.15, 0.2) is 0 Å². The molecule has 0 aliphatic carbocycles. The van der Waals surface area contributed by atoms with E-state index in [0.29, 0.717) is 16.3 Å². The first-order valence-electron chi connectivity index (χ1n) is 5.62. The van der Waals surface area contributed by atoms with Gasteiger partial charge in [-0.15, -0.1) is 28.3 Å². The maximum absolute atomic E-state index is 10.9. The zero-order valence-electron chi connectivity index (χ0n) is 9.85. The molecule has 0 radical (unpaired) electrons. The number of aromatic amines is 1. The molecule has 0 aliphatic heterocycles. The third kappa shape index (κ3) is 3.03. The average Bonchev–Trinajstić information content (AvgIpc) is 2.92. The number of aromatic nitrogens is 3. The first-order chi connectivity index (χ1) is 9.08. The fraction of sp³-hybridized carbons (Fsp3) is 0.333. The minimum atomic E-state index is -1.33. The molecule has 1 heterocycles. The highest BCUT2D eigenvalue weighted by Crippen LogP contribution is 2.42. The predicted molar refractivity (Wildman–Crippen MR) is 75.7 cm³/mol. The molecule has 0 amide bonds. The van der Waals surface area contributed by atoms with Gasteiger partial charge in [-0.25, -0.2) is 0 Å². The number of nitrogens with zero attached hydrogens (tertiary/aromatic N) is 2. The predicted octanol–water partition coefficient (Wildman–Crippen LogP) is 3.25. The van der Waals surface area contributed by atoms with Crippen molar-refractivity contribution in [3.63, 3.8) is 0 Å². The summed E-state index contributed by atoms with van der Waals surface area (Å²) in [6, 6.07) is 6.85. The number of alkyl halides is 2. The van der Waals surface area contributed by atoms with Gasteiger partial charge in [0.2, 0.25) is 0 Å². The lowest BCUT2D eigenvalue weighted by atomic mass is 9.86. The van der Waals surface area contributed by atoms with Crippen LogP contribution in [0.1, 0.15) is 23.1 Å². The van der Waals surface area contributed by atoms with E-state index < -0.39 is 11.0 Å². The summed E-state index contributed by atoms with van der Waals surface area (Å²) in [5.41, 5.74) is -0.227. The van der Waals surface area contributed by atoms with Crippen LogP contribution < -0.4 is 0 Å². The molecule has 0 saturated heterocycles. The summed E-state index contributed by atoms with van der Waals surface area (Å²) < 4.78 is 0. The van der Waals surface area contributed by atoms with Crippen LogP contribution in [0.4, 0.5) is 0 Å². The van der Waals surface area contributed by atoms with E-state index >= 15 is 0 Å². The summed E-state index contributed by atoms with van der Waals surface area (Å²) in [6.45, 7) is 0. The minimum absolute atomic E-state index is 0.264. The summed E-state index contributed by atoms with van der Waals surface area (Å²) in [7, 11) is 0. The Balaban J connectivity index is 2.39. The van der Waals surface area contributed by atoms with Gasteiger partial charge in [-0.3, -0.25) is 5.10 Å². The molecule has 0 bridgehead atoms. The fourth-order valence-corrected chi connectivity index (χ4v) is 2.63. The van der Waals surface area contributed by atoms with Crippen LogP contribution in [-0.4, -0.2) is 26.4 Å². The molecule has 0 saturated carbocycles. The van der Waals surface area contributed by atoms with Crippen molar-refractivity contribution in [2.45, 2.75) is 17.4 Å². The third-order valence-electron chi connectivity index (χ3n) is 2.93. The second-order valence-electron chi connectivity index (χ2n) is 4.13. The van der Waals surface area contributed by atoms with Gasteiger partial charge >= 0.3 is 0 Å². The highest BCUT2D eigenvalue weighted by molar-refractivity contribution is 6.30. The molecular weight excluding hydrogens is 309 g/mol. The van der Waals surface area contributed by atoms with Crippen molar-refractivity contribution in [3.8, 4) is 0 Å². The van der Waals surface area contributed by atoms with E-state index in [-0.39, 0.29) is 12.3 Å². The lowest BCUT2D eigenvalue weighted by molar-refractivity contribution is 0.0271. The van der Waals surface area contributed by atoms with E-state index in [1.807, 2.05) is 0 Å². The molecule has 2 aromatic rings. The Morgan fingerprint density at radius 3 is 2.53 bits per heavy atom. The molecule has 1 aromatic heterocycles. The highest BCUT2D eigenvalue weighted by Gasteiger charge is 2.39. The molecule has 2 unspecified atom stereocenters. The number of benzene rings is 1. The van der Waals surface area contributed by atoms with Gasteiger partial charge in [0, 0.05) is 17.1 Å². The highest BCUT2D eigenvalue weighted by atomic mass is 35.5. The smallest absolute Gasteiger partial charge is 0.113 e. The largest absolute Gasteiger partial charge is 0.383 e. The molecule has 7 heteroatoms. The molecule has 102 valence electrons. The van der Waals surface area contributed by atoms with Gasteiger partial charge in [-0.2, -0.15) is 0 Å². The maximum atomic E-state index is 10.9. The fourth-order valence-electron chi connectivity index (χ4n) is 1.88. The molecule has 2 N–H and O–H groups in total. The number of aliphatic hydroxyl groups is 1. The number of nitrogens with one attached hydrogen (secondary N) is 1. The number of H-pyrrole nitrogens is 1. The molecule has 2 atom stereocenters. The van der Waals surface area contributed by atoms with E-state index in [0.717, 1.165) is 0 Å². The van der Waals surface area contributed by atoms with Crippen LogP contribution in [0.25, 0.3) is 0 Å². The Morgan fingerprint density at radius 1 is 1.32 bits per heavy atom. The van der Waals surface area contributed by atoms with Crippen LogP contribution >= 0.6 is 34.8 Å². The van der Waals surface area contributed by atoms with Crippen molar-refractivity contribution in [1.29, 1.82) is 0 Å². The first-order valence-corrected chi connectivity index (χ1v) is 6.97. The Kier molecular flexibility index (Phi) is 4.68. The third-order valence-corrected chi connectivity index (χ3v) is 3.96. The number of halogens is 3. The van der Waals surface area contributed by atoms with E-state index in [9.17, 15) is 5.11 Å². The van der Waals surface area contributed by atoms with Crippen LogP contribution in [0.5, 0.6) is 0 Å². The van der Waals surface area contributed by atoms with Gasteiger partial charge in [-0.1, -0.05) is 28.9 Å². The second kappa shape index (κ2) is 6.09. The summed E-state index contributed by atoms with van der Waals surface area (Å²) in [5.74, 6) is 0.264. The Labute approximate surface area is 125 Å². The van der Waals surface area contributed by atoms with Gasteiger partial charge in [-0.05, 0) is 24.1 Å². The standard InChI is InChI=1S/C12H12Cl3N3O/c13-6-5-12(19,8-1-3-9(14)4-2-8)11(15)10-7-16-18-17-10/h1-4,7,11,19H,5-6H2,(H,16,17,18). The van der Waals surface area contributed by atoms with Crippen LogP contribution in [0.15, 0.2) is 30.5 Å². The summed E-state index contributed by atoms with van der Waals surface area (Å²) in [4.78, 5) is 0. The molecular formula is C12H12Cl3N3O. The lowest BCUT2D eigenvalue weighted by Crippen LogP contribution is -2.31. The topological polar surface area (TPSA) is 61.8 Å². The lowest BCUT2D eigenvalue weighted by Gasteiger charge is -2.31. The van der Waals surface area contributed by atoms with Gasteiger partial charge in [0.05, 0.1) is 0 Å². The van der Waals surface area contributed by atoms with E-state index in [4.69, 9.17) is 34.8 Å². The summed E-state index contributed by atoms with van der Waals surface area (Å²) in [6.07, 6.45) is 1.84. The van der Waals surface area contributed by atoms with Crippen LogP contribution in [0.3, 0.4) is 0 Å². The van der Waals surface area contributed by atoms with E-state index in [1.165, 1.54) is 0 Å². The molecule has 19 heavy (non-hydrogen) atoms. The van der Waals surface area contributed by atoms with Crippen LogP contribution in [-0.2, 0) is 5.60 Å². The molecule has 0 fully saturated rings. The zero-order chi connectivity index (χ0) is 13.9. The first kappa shape index (κ1) is 14.6. The van der Waals surface area contributed by atoms with Crippen molar-refractivity contribution in [2.75, 3.05) is 5.88 Å². The number of hydrogen-bond donors (Lipinski definition) is 2. The summed E-state index contributed by atoms with van der Waals surface area (Å²) in [5, 5.41) is 20.7. The monoisotopic (exact) mass is 319 g/mol. The van der Waals surface area contributed by atoms with Crippen LogP contribution in [0, 0.1) is 0 Å². The normalized spacial score (nSPS) is 16.0.